The topological polar surface area (TPSA) is 67.7 Å². The Morgan fingerprint density at radius 3 is 2.00 bits per heavy atom. The standard InChI is InChI=1S/C11H17N3O3/c1-16-9-8(15)10(17-2)13-11(12-9)14-6-4-3-5-7-14/h15H,3-7H2,1-2H3. The van der Waals surface area contributed by atoms with Gasteiger partial charge < -0.3 is 19.5 Å². The zero-order valence-electron chi connectivity index (χ0n) is 10.1. The van der Waals surface area contributed by atoms with Crippen LogP contribution >= 0.6 is 0 Å². The second-order valence-electron chi connectivity index (χ2n) is 3.94. The number of hydrogen-bond donors (Lipinski definition) is 1. The molecular weight excluding hydrogens is 222 g/mol. The highest BCUT2D eigenvalue weighted by Crippen LogP contribution is 2.34. The fourth-order valence-electron chi connectivity index (χ4n) is 1.92. The fourth-order valence-corrected chi connectivity index (χ4v) is 1.92. The number of anilines is 1. The van der Waals surface area contributed by atoms with Crippen LogP contribution in [0.25, 0.3) is 0 Å². The average Bonchev–Trinajstić information content (AvgIpc) is 2.40. The van der Waals surface area contributed by atoms with Crippen LogP contribution in [0, 0.1) is 0 Å². The maximum atomic E-state index is 9.72. The van der Waals surface area contributed by atoms with E-state index in [1.54, 1.807) is 0 Å². The van der Waals surface area contributed by atoms with E-state index in [1.807, 2.05) is 0 Å². The molecule has 94 valence electrons. The van der Waals surface area contributed by atoms with Gasteiger partial charge in [0.25, 0.3) is 11.8 Å². The Balaban J connectivity index is 2.33. The monoisotopic (exact) mass is 239 g/mol. The van der Waals surface area contributed by atoms with E-state index in [1.165, 1.54) is 20.6 Å². The highest BCUT2D eigenvalue weighted by molar-refractivity contribution is 5.47. The summed E-state index contributed by atoms with van der Waals surface area (Å²) in [5.74, 6) is 0.696. The number of piperidine rings is 1. The molecule has 1 fully saturated rings. The third-order valence-corrected chi connectivity index (χ3v) is 2.83. The lowest BCUT2D eigenvalue weighted by molar-refractivity contribution is 0.319. The fraction of sp³-hybridized carbons (Fsp3) is 0.636. The lowest BCUT2D eigenvalue weighted by Crippen LogP contribution is -2.31. The first-order chi connectivity index (χ1) is 8.26. The molecule has 0 unspecified atom stereocenters. The molecule has 0 aromatic carbocycles. The molecule has 6 heteroatoms. The first-order valence-corrected chi connectivity index (χ1v) is 5.70. The summed E-state index contributed by atoms with van der Waals surface area (Å²) in [7, 11) is 2.92. The van der Waals surface area contributed by atoms with Crippen LogP contribution in [0.3, 0.4) is 0 Å². The Morgan fingerprint density at radius 1 is 1.00 bits per heavy atom. The van der Waals surface area contributed by atoms with Gasteiger partial charge in [0.05, 0.1) is 14.2 Å². The van der Waals surface area contributed by atoms with Crippen LogP contribution in [0.5, 0.6) is 17.5 Å². The molecule has 17 heavy (non-hydrogen) atoms. The third-order valence-electron chi connectivity index (χ3n) is 2.83. The van der Waals surface area contributed by atoms with Crippen LogP contribution in [-0.2, 0) is 0 Å². The van der Waals surface area contributed by atoms with E-state index >= 15 is 0 Å². The Morgan fingerprint density at radius 2 is 1.53 bits per heavy atom. The Kier molecular flexibility index (Phi) is 3.51. The van der Waals surface area contributed by atoms with Gasteiger partial charge in [-0.1, -0.05) is 0 Å². The minimum absolute atomic E-state index is 0.150. The Bertz CT molecular complexity index is 367. The summed E-state index contributed by atoms with van der Waals surface area (Å²) in [5.41, 5.74) is 0. The summed E-state index contributed by atoms with van der Waals surface area (Å²) in [6, 6.07) is 0. The van der Waals surface area contributed by atoms with E-state index < -0.39 is 0 Å². The van der Waals surface area contributed by atoms with E-state index in [9.17, 15) is 5.11 Å². The third kappa shape index (κ3) is 2.35. The van der Waals surface area contributed by atoms with Gasteiger partial charge in [-0.2, -0.15) is 9.97 Å². The van der Waals surface area contributed by atoms with Crippen molar-refractivity contribution in [3.05, 3.63) is 0 Å². The van der Waals surface area contributed by atoms with Gasteiger partial charge in [-0.25, -0.2) is 0 Å². The number of methoxy groups -OCH3 is 2. The molecule has 0 radical (unpaired) electrons. The summed E-state index contributed by atoms with van der Waals surface area (Å²) in [6.07, 6.45) is 3.51. The summed E-state index contributed by atoms with van der Waals surface area (Å²) in [4.78, 5) is 10.4. The van der Waals surface area contributed by atoms with Gasteiger partial charge in [-0.3, -0.25) is 0 Å². The summed E-state index contributed by atoms with van der Waals surface area (Å²) < 4.78 is 10.0. The highest BCUT2D eigenvalue weighted by Gasteiger charge is 2.20. The van der Waals surface area contributed by atoms with Gasteiger partial charge in [0.15, 0.2) is 0 Å². The van der Waals surface area contributed by atoms with Crippen molar-refractivity contribution in [2.45, 2.75) is 19.3 Å². The van der Waals surface area contributed by atoms with E-state index in [4.69, 9.17) is 9.47 Å². The first kappa shape index (κ1) is 11.8. The van der Waals surface area contributed by atoms with Crippen LogP contribution in [0.2, 0.25) is 0 Å². The number of rotatable bonds is 3. The first-order valence-electron chi connectivity index (χ1n) is 5.70. The van der Waals surface area contributed by atoms with Crippen LogP contribution < -0.4 is 14.4 Å². The lowest BCUT2D eigenvalue weighted by Gasteiger charge is -2.27. The van der Waals surface area contributed by atoms with Crippen LogP contribution in [0.15, 0.2) is 0 Å². The predicted octanol–water partition coefficient (Wildman–Crippen LogP) is 1.19. The smallest absolute Gasteiger partial charge is 0.265 e. The van der Waals surface area contributed by atoms with Gasteiger partial charge in [-0.05, 0) is 19.3 Å². The molecule has 0 aliphatic carbocycles. The minimum atomic E-state index is -0.157. The van der Waals surface area contributed by atoms with Gasteiger partial charge >= 0.3 is 0 Å². The number of aromatic hydroxyl groups is 1. The van der Waals surface area contributed by atoms with Gasteiger partial charge in [-0.15, -0.1) is 0 Å². The lowest BCUT2D eigenvalue weighted by atomic mass is 10.1. The van der Waals surface area contributed by atoms with Crippen molar-refractivity contribution >= 4 is 5.95 Å². The molecule has 1 aromatic heterocycles. The molecule has 1 aromatic rings. The van der Waals surface area contributed by atoms with Crippen molar-refractivity contribution in [2.75, 3.05) is 32.2 Å². The molecule has 1 aliphatic heterocycles. The molecule has 1 N–H and O–H groups in total. The molecule has 2 heterocycles. The molecule has 0 atom stereocenters. The molecule has 0 amide bonds. The average molecular weight is 239 g/mol. The van der Waals surface area contributed by atoms with Crippen LogP contribution in [-0.4, -0.2) is 42.4 Å². The van der Waals surface area contributed by atoms with Gasteiger partial charge in [0.2, 0.25) is 11.7 Å². The molecule has 2 rings (SSSR count). The Hall–Kier alpha value is -1.72. The van der Waals surface area contributed by atoms with E-state index in [0.29, 0.717) is 5.95 Å². The van der Waals surface area contributed by atoms with E-state index in [0.717, 1.165) is 25.9 Å². The maximum absolute atomic E-state index is 9.72. The minimum Gasteiger partial charge on any atom is -0.499 e. The molecule has 1 aliphatic rings. The van der Waals surface area contributed by atoms with Crippen molar-refractivity contribution in [1.82, 2.24) is 9.97 Å². The van der Waals surface area contributed by atoms with Crippen molar-refractivity contribution in [3.63, 3.8) is 0 Å². The zero-order chi connectivity index (χ0) is 12.3. The van der Waals surface area contributed by atoms with Crippen molar-refractivity contribution in [2.24, 2.45) is 0 Å². The quantitative estimate of drug-likeness (QED) is 0.854. The number of hydrogen-bond acceptors (Lipinski definition) is 6. The van der Waals surface area contributed by atoms with Gasteiger partial charge in [0, 0.05) is 13.1 Å². The van der Waals surface area contributed by atoms with Gasteiger partial charge in [0.1, 0.15) is 0 Å². The summed E-state index contributed by atoms with van der Waals surface area (Å²) in [5, 5.41) is 9.72. The van der Waals surface area contributed by atoms with Crippen molar-refractivity contribution in [3.8, 4) is 17.5 Å². The van der Waals surface area contributed by atoms with E-state index in [2.05, 4.69) is 14.9 Å². The largest absolute Gasteiger partial charge is 0.499 e. The van der Waals surface area contributed by atoms with Crippen LogP contribution in [0.4, 0.5) is 5.95 Å². The molecule has 0 saturated carbocycles. The summed E-state index contributed by atoms with van der Waals surface area (Å²) in [6.45, 7) is 1.86. The second-order valence-corrected chi connectivity index (χ2v) is 3.94. The zero-order valence-corrected chi connectivity index (χ0v) is 10.1. The molecule has 0 bridgehead atoms. The number of ether oxygens (including phenoxy) is 2. The maximum Gasteiger partial charge on any atom is 0.265 e. The van der Waals surface area contributed by atoms with Crippen LogP contribution in [0.1, 0.15) is 19.3 Å². The molecule has 1 saturated heterocycles. The molecule has 0 spiro atoms. The molecule has 6 nitrogen and oxygen atoms in total. The predicted molar refractivity (Wildman–Crippen MR) is 62.9 cm³/mol. The highest BCUT2D eigenvalue weighted by atomic mass is 16.5. The Labute approximate surface area is 100 Å². The normalized spacial score (nSPS) is 15.8. The second kappa shape index (κ2) is 5.07. The number of aromatic nitrogens is 2. The van der Waals surface area contributed by atoms with E-state index in [-0.39, 0.29) is 17.5 Å². The van der Waals surface area contributed by atoms with Crippen molar-refractivity contribution < 1.29 is 14.6 Å². The number of nitrogens with zero attached hydrogens (tertiary/aromatic N) is 3. The van der Waals surface area contributed by atoms with Crippen molar-refractivity contribution in [1.29, 1.82) is 0 Å². The summed E-state index contributed by atoms with van der Waals surface area (Å²) >= 11 is 0. The SMILES string of the molecule is COc1nc(N2CCCCC2)nc(OC)c1O. The molecular formula is C11H17N3O3.